The van der Waals surface area contributed by atoms with Crippen molar-refractivity contribution >= 4 is 17.6 Å². The lowest BCUT2D eigenvalue weighted by Crippen LogP contribution is -2.25. The third-order valence-corrected chi connectivity index (χ3v) is 4.62. The van der Waals surface area contributed by atoms with E-state index in [0.29, 0.717) is 31.3 Å². The number of rotatable bonds is 5. The van der Waals surface area contributed by atoms with E-state index in [1.165, 1.54) is 19.2 Å². The Hall–Kier alpha value is -2.84. The summed E-state index contributed by atoms with van der Waals surface area (Å²) >= 11 is 0. The third-order valence-electron chi connectivity index (χ3n) is 4.62. The van der Waals surface area contributed by atoms with Crippen LogP contribution in [0.3, 0.4) is 0 Å². The number of anilines is 2. The summed E-state index contributed by atoms with van der Waals surface area (Å²) in [5.74, 6) is 0.0264. The number of hydrogen-bond donors (Lipinski definition) is 1. The summed E-state index contributed by atoms with van der Waals surface area (Å²) in [5.41, 5.74) is 0.236. The van der Waals surface area contributed by atoms with E-state index in [0.717, 1.165) is 12.5 Å². The van der Waals surface area contributed by atoms with Gasteiger partial charge in [-0.1, -0.05) is 12.1 Å². The summed E-state index contributed by atoms with van der Waals surface area (Å²) in [4.78, 5) is 22.3. The number of esters is 1. The van der Waals surface area contributed by atoms with Crippen molar-refractivity contribution in [3.05, 3.63) is 47.3 Å². The molecule has 1 saturated heterocycles. The van der Waals surface area contributed by atoms with Crippen molar-refractivity contribution in [2.24, 2.45) is 5.92 Å². The van der Waals surface area contributed by atoms with Crippen molar-refractivity contribution in [1.82, 2.24) is 9.97 Å². The number of carbonyl (C=O) groups excluding carboxylic acids is 1. The van der Waals surface area contributed by atoms with Gasteiger partial charge in [-0.15, -0.1) is 0 Å². The molecule has 2 heterocycles. The van der Waals surface area contributed by atoms with Gasteiger partial charge in [-0.05, 0) is 37.5 Å². The molecule has 1 aliphatic heterocycles. The normalized spacial score (nSPS) is 16.9. The van der Waals surface area contributed by atoms with Crippen LogP contribution in [0.15, 0.2) is 30.3 Å². The predicted molar refractivity (Wildman–Crippen MR) is 98.4 cm³/mol. The van der Waals surface area contributed by atoms with E-state index in [-0.39, 0.29) is 17.3 Å². The van der Waals surface area contributed by atoms with Crippen LogP contribution in [0.1, 0.15) is 28.2 Å². The van der Waals surface area contributed by atoms with Gasteiger partial charge in [-0.3, -0.25) is 0 Å². The van der Waals surface area contributed by atoms with Gasteiger partial charge in [0.25, 0.3) is 0 Å². The molecule has 150 valence electrons. The molecule has 0 amide bonds. The van der Waals surface area contributed by atoms with Crippen LogP contribution in [0.4, 0.5) is 24.8 Å². The van der Waals surface area contributed by atoms with E-state index in [1.807, 2.05) is 4.90 Å². The topological polar surface area (TPSA) is 67.3 Å². The molecule has 2 aromatic rings. The summed E-state index contributed by atoms with van der Waals surface area (Å²) in [7, 11) is 1.29. The van der Waals surface area contributed by atoms with E-state index in [2.05, 4.69) is 15.3 Å². The molecule has 1 N–H and O–H groups in total. The van der Waals surface area contributed by atoms with Gasteiger partial charge in [0, 0.05) is 31.0 Å². The second-order valence-corrected chi connectivity index (χ2v) is 6.71. The standard InChI is InChI=1S/C19H21F3N4O2/c1-12-9-16(17(27)28-2)25-18(24-12)26-8-7-13(11-26)10-23-15-6-4-3-5-14(15)19(20,21)22/h3-6,9,13,23H,7-8,10-11H2,1-2H3. The second kappa shape index (κ2) is 8.04. The number of methoxy groups -OCH3 is 1. The number of aromatic nitrogens is 2. The van der Waals surface area contributed by atoms with Gasteiger partial charge in [0.05, 0.1) is 12.7 Å². The highest BCUT2D eigenvalue weighted by molar-refractivity contribution is 5.87. The zero-order valence-corrected chi connectivity index (χ0v) is 15.6. The van der Waals surface area contributed by atoms with Crippen LogP contribution < -0.4 is 10.2 Å². The van der Waals surface area contributed by atoms with Crippen LogP contribution in [0, 0.1) is 12.8 Å². The lowest BCUT2D eigenvalue weighted by molar-refractivity contribution is -0.137. The number of hydrogen-bond acceptors (Lipinski definition) is 6. The van der Waals surface area contributed by atoms with Crippen molar-refractivity contribution in [2.75, 3.05) is 37.0 Å². The van der Waals surface area contributed by atoms with Crippen molar-refractivity contribution in [2.45, 2.75) is 19.5 Å². The lowest BCUT2D eigenvalue weighted by Gasteiger charge is -2.19. The SMILES string of the molecule is COC(=O)c1cc(C)nc(N2CCC(CNc3ccccc3C(F)(F)F)C2)n1. The maximum atomic E-state index is 13.1. The molecular weight excluding hydrogens is 373 g/mol. The molecule has 0 spiro atoms. The summed E-state index contributed by atoms with van der Waals surface area (Å²) in [6.07, 6.45) is -3.61. The molecule has 3 rings (SSSR count). The Morgan fingerprint density at radius 1 is 1.32 bits per heavy atom. The van der Waals surface area contributed by atoms with Gasteiger partial charge >= 0.3 is 12.1 Å². The minimum Gasteiger partial charge on any atom is -0.464 e. The zero-order valence-electron chi connectivity index (χ0n) is 15.6. The number of nitrogens with zero attached hydrogens (tertiary/aromatic N) is 3. The summed E-state index contributed by atoms with van der Waals surface area (Å²) < 4.78 is 44.0. The molecule has 1 aliphatic rings. The fraction of sp³-hybridized carbons (Fsp3) is 0.421. The highest BCUT2D eigenvalue weighted by Crippen LogP contribution is 2.35. The Kier molecular flexibility index (Phi) is 5.71. The number of benzene rings is 1. The highest BCUT2D eigenvalue weighted by Gasteiger charge is 2.33. The monoisotopic (exact) mass is 394 g/mol. The van der Waals surface area contributed by atoms with E-state index in [1.54, 1.807) is 19.1 Å². The number of halogens is 3. The summed E-state index contributed by atoms with van der Waals surface area (Å²) in [6, 6.07) is 7.01. The van der Waals surface area contributed by atoms with Gasteiger partial charge in [-0.25, -0.2) is 14.8 Å². The maximum absolute atomic E-state index is 13.1. The predicted octanol–water partition coefficient (Wildman–Crippen LogP) is 3.53. The van der Waals surface area contributed by atoms with Crippen molar-refractivity contribution in [3.63, 3.8) is 0 Å². The van der Waals surface area contributed by atoms with Crippen molar-refractivity contribution in [3.8, 4) is 0 Å². The zero-order chi connectivity index (χ0) is 20.3. The Labute approximate surface area is 160 Å². The summed E-state index contributed by atoms with van der Waals surface area (Å²) in [5, 5.41) is 2.92. The molecule has 0 aliphatic carbocycles. The number of aryl methyl sites for hydroxylation is 1. The largest absolute Gasteiger partial charge is 0.464 e. The molecule has 1 unspecified atom stereocenters. The molecule has 0 bridgehead atoms. The van der Waals surface area contributed by atoms with Crippen molar-refractivity contribution in [1.29, 1.82) is 0 Å². The van der Waals surface area contributed by atoms with Gasteiger partial charge in [0.2, 0.25) is 5.95 Å². The maximum Gasteiger partial charge on any atom is 0.418 e. The van der Waals surface area contributed by atoms with Crippen LogP contribution in [-0.2, 0) is 10.9 Å². The first-order valence-electron chi connectivity index (χ1n) is 8.87. The lowest BCUT2D eigenvalue weighted by atomic mass is 10.1. The smallest absolute Gasteiger partial charge is 0.418 e. The average Bonchev–Trinajstić information content (AvgIpc) is 3.14. The van der Waals surface area contributed by atoms with E-state index in [9.17, 15) is 18.0 Å². The minimum atomic E-state index is -4.40. The number of ether oxygens (including phenoxy) is 1. The molecule has 0 radical (unpaired) electrons. The van der Waals surface area contributed by atoms with Crippen molar-refractivity contribution < 1.29 is 22.7 Å². The van der Waals surface area contributed by atoms with Crippen LogP contribution in [0.5, 0.6) is 0 Å². The highest BCUT2D eigenvalue weighted by atomic mass is 19.4. The number of carbonyl (C=O) groups is 1. The minimum absolute atomic E-state index is 0.0771. The first-order chi connectivity index (χ1) is 13.3. The Bertz CT molecular complexity index is 857. The Balaban J connectivity index is 1.66. The van der Waals surface area contributed by atoms with E-state index in [4.69, 9.17) is 4.74 Å². The molecule has 1 fully saturated rings. The average molecular weight is 394 g/mol. The third kappa shape index (κ3) is 4.52. The van der Waals surface area contributed by atoms with E-state index < -0.39 is 17.7 Å². The molecule has 1 atom stereocenters. The molecular formula is C19H21F3N4O2. The quantitative estimate of drug-likeness (QED) is 0.783. The molecule has 6 nitrogen and oxygen atoms in total. The molecule has 28 heavy (non-hydrogen) atoms. The summed E-state index contributed by atoms with van der Waals surface area (Å²) in [6.45, 7) is 3.42. The number of para-hydroxylation sites is 1. The number of nitrogens with one attached hydrogen (secondary N) is 1. The second-order valence-electron chi connectivity index (χ2n) is 6.71. The van der Waals surface area contributed by atoms with Crippen LogP contribution >= 0.6 is 0 Å². The number of alkyl halides is 3. The van der Waals surface area contributed by atoms with Gasteiger partial charge in [-0.2, -0.15) is 13.2 Å². The first kappa shape index (κ1) is 19.9. The fourth-order valence-electron chi connectivity index (χ4n) is 3.22. The van der Waals surface area contributed by atoms with Gasteiger partial charge < -0.3 is 15.0 Å². The first-order valence-corrected chi connectivity index (χ1v) is 8.87. The Morgan fingerprint density at radius 2 is 2.07 bits per heavy atom. The molecule has 9 heteroatoms. The fourth-order valence-corrected chi connectivity index (χ4v) is 3.22. The molecule has 1 aromatic carbocycles. The van der Waals surface area contributed by atoms with Crippen LogP contribution in [0.25, 0.3) is 0 Å². The van der Waals surface area contributed by atoms with Crippen LogP contribution in [-0.4, -0.2) is 42.7 Å². The Morgan fingerprint density at radius 3 is 2.79 bits per heavy atom. The van der Waals surface area contributed by atoms with E-state index >= 15 is 0 Å². The molecule has 0 saturated carbocycles. The molecule has 1 aromatic heterocycles. The van der Waals surface area contributed by atoms with Gasteiger partial charge in [0.1, 0.15) is 0 Å². The van der Waals surface area contributed by atoms with Gasteiger partial charge in [0.15, 0.2) is 5.69 Å². The van der Waals surface area contributed by atoms with Crippen LogP contribution in [0.2, 0.25) is 0 Å².